The molecule has 1 heterocycles. The van der Waals surface area contributed by atoms with Gasteiger partial charge in [0.15, 0.2) is 0 Å². The van der Waals surface area contributed by atoms with Gasteiger partial charge in [0.1, 0.15) is 0 Å². The number of nitrogens with zero attached hydrogens (tertiary/aromatic N) is 2. The van der Waals surface area contributed by atoms with Gasteiger partial charge < -0.3 is 0 Å². The monoisotopic (exact) mass is 408 g/mol. The van der Waals surface area contributed by atoms with Gasteiger partial charge in [0.25, 0.3) is 0 Å². The third-order valence-corrected chi connectivity index (χ3v) is 7.36. The average molecular weight is 409 g/mol. The van der Waals surface area contributed by atoms with Gasteiger partial charge in [-0.15, -0.1) is 0 Å². The highest BCUT2D eigenvalue weighted by molar-refractivity contribution is 7.89. The molecular formula is C19H18Cl2N2O2S. The third kappa shape index (κ3) is 3.47. The maximum Gasteiger partial charge on any atom is 0.243 e. The fourth-order valence-corrected chi connectivity index (χ4v) is 5.32. The number of benzene rings is 2. The second kappa shape index (κ2) is 7.21. The van der Waals surface area contributed by atoms with E-state index in [-0.39, 0.29) is 18.0 Å². The highest BCUT2D eigenvalue weighted by Gasteiger charge is 2.41. The second-order valence-electron chi connectivity index (χ2n) is 6.54. The molecule has 26 heavy (non-hydrogen) atoms. The van der Waals surface area contributed by atoms with Crippen molar-refractivity contribution >= 4 is 33.2 Å². The standard InChI is InChI=1S/C19H18Cl2N2O2S/c1-14-2-5-16(6-3-14)26(24,25)23-10-8-19(13-22,9-11-23)17-7-4-15(20)12-18(17)21/h2-7,12H,8-11H2,1H3. The fraction of sp³-hybridized carbons (Fsp3) is 0.316. The molecule has 0 amide bonds. The Labute approximate surface area is 164 Å². The van der Waals surface area contributed by atoms with Crippen molar-refractivity contribution in [1.29, 1.82) is 5.26 Å². The van der Waals surface area contributed by atoms with E-state index in [1.807, 2.05) is 6.92 Å². The number of sulfonamides is 1. The molecule has 0 radical (unpaired) electrons. The van der Waals surface area contributed by atoms with Crippen molar-refractivity contribution in [3.05, 3.63) is 63.6 Å². The summed E-state index contributed by atoms with van der Waals surface area (Å²) in [6.45, 7) is 2.44. The molecular weight excluding hydrogens is 391 g/mol. The Bertz CT molecular complexity index is 958. The van der Waals surface area contributed by atoms with Crippen molar-refractivity contribution in [1.82, 2.24) is 4.31 Å². The maximum atomic E-state index is 12.8. The Morgan fingerprint density at radius 1 is 1.08 bits per heavy atom. The molecule has 4 nitrogen and oxygen atoms in total. The minimum Gasteiger partial charge on any atom is -0.207 e. The average Bonchev–Trinajstić information content (AvgIpc) is 2.62. The summed E-state index contributed by atoms with van der Waals surface area (Å²) in [6.07, 6.45) is 0.770. The molecule has 0 aromatic heterocycles. The first-order valence-corrected chi connectivity index (χ1v) is 10.4. The Kier molecular flexibility index (Phi) is 5.32. The summed E-state index contributed by atoms with van der Waals surface area (Å²) in [4.78, 5) is 0.275. The van der Waals surface area contributed by atoms with Crippen molar-refractivity contribution in [2.75, 3.05) is 13.1 Å². The third-order valence-electron chi connectivity index (χ3n) is 4.90. The topological polar surface area (TPSA) is 61.2 Å². The summed E-state index contributed by atoms with van der Waals surface area (Å²) < 4.78 is 27.1. The SMILES string of the molecule is Cc1ccc(S(=O)(=O)N2CCC(C#N)(c3ccc(Cl)cc3Cl)CC2)cc1. The number of rotatable bonds is 3. The molecule has 0 atom stereocenters. The van der Waals surface area contributed by atoms with Crippen molar-refractivity contribution in [3.8, 4) is 6.07 Å². The van der Waals surface area contributed by atoms with Crippen LogP contribution in [0.4, 0.5) is 0 Å². The smallest absolute Gasteiger partial charge is 0.207 e. The summed E-state index contributed by atoms with van der Waals surface area (Å²) in [5, 5.41) is 10.8. The molecule has 1 aliphatic rings. The predicted molar refractivity (Wildman–Crippen MR) is 103 cm³/mol. The van der Waals surface area contributed by atoms with E-state index >= 15 is 0 Å². The Morgan fingerprint density at radius 2 is 1.69 bits per heavy atom. The Hall–Kier alpha value is -1.58. The van der Waals surface area contributed by atoms with E-state index in [2.05, 4.69) is 6.07 Å². The normalized spacial score (nSPS) is 17.6. The van der Waals surface area contributed by atoms with E-state index in [9.17, 15) is 13.7 Å². The van der Waals surface area contributed by atoms with Gasteiger partial charge in [-0.3, -0.25) is 0 Å². The lowest BCUT2D eigenvalue weighted by molar-refractivity contribution is 0.277. The molecule has 0 unspecified atom stereocenters. The van der Waals surface area contributed by atoms with Crippen molar-refractivity contribution < 1.29 is 8.42 Å². The molecule has 136 valence electrons. The number of aryl methyl sites for hydroxylation is 1. The molecule has 0 bridgehead atoms. The van der Waals surface area contributed by atoms with E-state index in [0.29, 0.717) is 28.5 Å². The fourth-order valence-electron chi connectivity index (χ4n) is 3.29. The zero-order valence-electron chi connectivity index (χ0n) is 14.2. The molecule has 2 aromatic carbocycles. The van der Waals surface area contributed by atoms with Crippen LogP contribution in [0, 0.1) is 18.3 Å². The van der Waals surface area contributed by atoms with Gasteiger partial charge in [-0.1, -0.05) is 47.0 Å². The summed E-state index contributed by atoms with van der Waals surface area (Å²) in [5.41, 5.74) is 0.906. The summed E-state index contributed by atoms with van der Waals surface area (Å²) in [7, 11) is -3.57. The molecule has 1 saturated heterocycles. The van der Waals surface area contributed by atoms with E-state index in [1.165, 1.54) is 4.31 Å². The highest BCUT2D eigenvalue weighted by atomic mass is 35.5. The summed E-state index contributed by atoms with van der Waals surface area (Å²) in [5.74, 6) is 0. The molecule has 1 aliphatic heterocycles. The molecule has 0 spiro atoms. The van der Waals surface area contributed by atoms with Gasteiger partial charge >= 0.3 is 0 Å². The predicted octanol–water partition coefficient (Wildman–Crippen LogP) is 4.55. The maximum absolute atomic E-state index is 12.8. The first-order chi connectivity index (χ1) is 12.3. The van der Waals surface area contributed by atoms with Crippen LogP contribution in [0.2, 0.25) is 10.0 Å². The molecule has 2 aromatic rings. The van der Waals surface area contributed by atoms with Crippen molar-refractivity contribution in [2.24, 2.45) is 0 Å². The first-order valence-electron chi connectivity index (χ1n) is 8.22. The van der Waals surface area contributed by atoms with Gasteiger partial charge in [-0.05, 0) is 49.6 Å². The zero-order chi connectivity index (χ0) is 18.9. The molecule has 3 rings (SSSR count). The minimum atomic E-state index is -3.57. The van der Waals surface area contributed by atoms with Crippen LogP contribution in [0.25, 0.3) is 0 Å². The van der Waals surface area contributed by atoms with Crippen LogP contribution in [-0.4, -0.2) is 25.8 Å². The molecule has 1 fully saturated rings. The van der Waals surface area contributed by atoms with E-state index in [4.69, 9.17) is 23.2 Å². The number of piperidine rings is 1. The largest absolute Gasteiger partial charge is 0.243 e. The number of nitriles is 1. The van der Waals surface area contributed by atoms with Crippen LogP contribution >= 0.6 is 23.2 Å². The number of hydrogen-bond donors (Lipinski definition) is 0. The van der Waals surface area contributed by atoms with Crippen molar-refractivity contribution in [3.63, 3.8) is 0 Å². The van der Waals surface area contributed by atoms with E-state index in [1.54, 1.807) is 42.5 Å². The Balaban J connectivity index is 1.85. The van der Waals surface area contributed by atoms with E-state index < -0.39 is 15.4 Å². The van der Waals surface area contributed by atoms with E-state index in [0.717, 1.165) is 5.56 Å². The molecule has 0 N–H and O–H groups in total. The van der Waals surface area contributed by atoms with Gasteiger partial charge in [0, 0.05) is 23.1 Å². The van der Waals surface area contributed by atoms with Crippen LogP contribution in [0.3, 0.4) is 0 Å². The van der Waals surface area contributed by atoms with Gasteiger partial charge in [0.2, 0.25) is 10.0 Å². The van der Waals surface area contributed by atoms with Crippen LogP contribution in [0.15, 0.2) is 47.4 Å². The van der Waals surface area contributed by atoms with Gasteiger partial charge in [-0.2, -0.15) is 9.57 Å². The lowest BCUT2D eigenvalue weighted by Gasteiger charge is -2.37. The molecule has 0 aliphatic carbocycles. The molecule has 0 saturated carbocycles. The Morgan fingerprint density at radius 3 is 2.23 bits per heavy atom. The quantitative estimate of drug-likeness (QED) is 0.748. The van der Waals surface area contributed by atoms with Crippen LogP contribution in [0.5, 0.6) is 0 Å². The zero-order valence-corrected chi connectivity index (χ0v) is 16.6. The van der Waals surface area contributed by atoms with Crippen LogP contribution < -0.4 is 0 Å². The summed E-state index contributed by atoms with van der Waals surface area (Å²) >= 11 is 12.3. The second-order valence-corrected chi connectivity index (χ2v) is 9.32. The molecule has 7 heteroatoms. The van der Waals surface area contributed by atoms with Crippen LogP contribution in [0.1, 0.15) is 24.0 Å². The summed E-state index contributed by atoms with van der Waals surface area (Å²) in [6, 6.07) is 14.2. The lowest BCUT2D eigenvalue weighted by atomic mass is 9.74. The van der Waals surface area contributed by atoms with Gasteiger partial charge in [0.05, 0.1) is 16.4 Å². The number of halogens is 2. The lowest BCUT2D eigenvalue weighted by Crippen LogP contribution is -2.44. The minimum absolute atomic E-state index is 0.267. The first kappa shape index (κ1) is 19.2. The van der Waals surface area contributed by atoms with Crippen LogP contribution in [-0.2, 0) is 15.4 Å². The van der Waals surface area contributed by atoms with Crippen molar-refractivity contribution in [2.45, 2.75) is 30.1 Å². The highest BCUT2D eigenvalue weighted by Crippen LogP contribution is 2.40. The van der Waals surface area contributed by atoms with Gasteiger partial charge in [-0.25, -0.2) is 8.42 Å². The number of hydrogen-bond acceptors (Lipinski definition) is 3.